The van der Waals surface area contributed by atoms with Crippen molar-refractivity contribution < 1.29 is 4.79 Å². The zero-order valence-corrected chi connectivity index (χ0v) is 17.2. The smallest absolute Gasteiger partial charge is 0.149 e. The molecule has 26 heavy (non-hydrogen) atoms. The molecule has 2 saturated carbocycles. The zero-order valence-electron chi connectivity index (χ0n) is 17.2. The highest BCUT2D eigenvalue weighted by Gasteiger charge is 2.43. The molecule has 4 fully saturated rings. The Labute approximate surface area is 160 Å². The van der Waals surface area contributed by atoms with E-state index in [1.54, 1.807) is 0 Å². The number of nitrogens with zero attached hydrogens (tertiary/aromatic N) is 2. The number of piperidine rings is 1. The Bertz CT molecular complexity index is 479. The molecule has 148 valence electrons. The van der Waals surface area contributed by atoms with Crippen LogP contribution in [0.5, 0.6) is 0 Å². The van der Waals surface area contributed by atoms with E-state index >= 15 is 0 Å². The third-order valence-electron chi connectivity index (χ3n) is 8.27. The lowest BCUT2D eigenvalue weighted by Crippen LogP contribution is -2.50. The highest BCUT2D eigenvalue weighted by molar-refractivity contribution is 5.83. The number of carbonyl (C=O) groups excluding carboxylic acids is 1. The van der Waals surface area contributed by atoms with E-state index in [1.165, 1.54) is 77.2 Å². The van der Waals surface area contributed by atoms with E-state index in [0.717, 1.165) is 18.4 Å². The van der Waals surface area contributed by atoms with Gasteiger partial charge in [-0.15, -0.1) is 0 Å². The van der Waals surface area contributed by atoms with Gasteiger partial charge in [-0.1, -0.05) is 39.0 Å². The van der Waals surface area contributed by atoms with Gasteiger partial charge in [-0.3, -0.25) is 14.6 Å². The molecule has 2 heterocycles. The molecule has 0 aromatic carbocycles. The first-order chi connectivity index (χ1) is 12.6. The first kappa shape index (κ1) is 18.9. The zero-order chi connectivity index (χ0) is 18.1. The summed E-state index contributed by atoms with van der Waals surface area (Å²) in [6, 6.07) is 0.545. The van der Waals surface area contributed by atoms with Crippen LogP contribution >= 0.6 is 0 Å². The first-order valence-electron chi connectivity index (χ1n) is 11.7. The van der Waals surface area contributed by atoms with Crippen molar-refractivity contribution in [2.45, 2.75) is 96.7 Å². The summed E-state index contributed by atoms with van der Waals surface area (Å²) in [6.07, 6.45) is 15.5. The van der Waals surface area contributed by atoms with Crippen LogP contribution in [0.25, 0.3) is 0 Å². The summed E-state index contributed by atoms with van der Waals surface area (Å²) in [4.78, 5) is 18.3. The van der Waals surface area contributed by atoms with Crippen molar-refractivity contribution in [1.82, 2.24) is 9.80 Å². The lowest BCUT2D eigenvalue weighted by molar-refractivity contribution is -0.127. The monoisotopic (exact) mass is 360 g/mol. The summed E-state index contributed by atoms with van der Waals surface area (Å²) in [5.74, 6) is 3.53. The number of fused-ring (bicyclic) bond motifs is 1. The predicted molar refractivity (Wildman–Crippen MR) is 107 cm³/mol. The van der Waals surface area contributed by atoms with Crippen LogP contribution in [-0.2, 0) is 4.79 Å². The Hall–Kier alpha value is -0.410. The van der Waals surface area contributed by atoms with Crippen LogP contribution < -0.4 is 0 Å². The fourth-order valence-electron chi connectivity index (χ4n) is 6.78. The van der Waals surface area contributed by atoms with Gasteiger partial charge in [-0.25, -0.2) is 0 Å². The molecule has 0 N–H and O–H groups in total. The van der Waals surface area contributed by atoms with E-state index in [0.29, 0.717) is 36.4 Å². The number of hydrogen-bond donors (Lipinski definition) is 0. The lowest BCUT2D eigenvalue weighted by atomic mass is 9.70. The second-order valence-electron chi connectivity index (χ2n) is 10.0. The van der Waals surface area contributed by atoms with Crippen molar-refractivity contribution in [3.05, 3.63) is 0 Å². The summed E-state index contributed by atoms with van der Waals surface area (Å²) < 4.78 is 0. The molecule has 0 amide bonds. The topological polar surface area (TPSA) is 23.6 Å². The van der Waals surface area contributed by atoms with Crippen LogP contribution in [-0.4, -0.2) is 47.4 Å². The molecule has 2 aliphatic carbocycles. The van der Waals surface area contributed by atoms with Crippen molar-refractivity contribution >= 4 is 5.78 Å². The van der Waals surface area contributed by atoms with Gasteiger partial charge in [-0.05, 0) is 69.7 Å². The maximum absolute atomic E-state index is 13.1. The van der Waals surface area contributed by atoms with Crippen molar-refractivity contribution in [2.75, 3.05) is 19.6 Å². The molecule has 0 aromatic rings. The molecule has 0 bridgehead atoms. The Morgan fingerprint density at radius 3 is 2.27 bits per heavy atom. The fraction of sp³-hybridized carbons (Fsp3) is 0.957. The van der Waals surface area contributed by atoms with E-state index in [4.69, 9.17) is 0 Å². The van der Waals surface area contributed by atoms with Crippen molar-refractivity contribution in [3.8, 4) is 0 Å². The second-order valence-corrected chi connectivity index (χ2v) is 10.0. The maximum Gasteiger partial charge on any atom is 0.149 e. The molecule has 3 atom stereocenters. The average molecular weight is 361 g/mol. The van der Waals surface area contributed by atoms with Crippen LogP contribution in [0.3, 0.4) is 0 Å². The van der Waals surface area contributed by atoms with Gasteiger partial charge < -0.3 is 0 Å². The van der Waals surface area contributed by atoms with Crippen molar-refractivity contribution in [3.63, 3.8) is 0 Å². The number of carbonyl (C=O) groups is 1. The quantitative estimate of drug-likeness (QED) is 0.726. The lowest BCUT2D eigenvalue weighted by Gasteiger charge is -2.40. The summed E-state index contributed by atoms with van der Waals surface area (Å²) in [5.41, 5.74) is 0. The summed E-state index contributed by atoms with van der Waals surface area (Å²) in [6.45, 7) is 7.83. The third-order valence-corrected chi connectivity index (χ3v) is 8.27. The molecular formula is C23H40N2O. The second kappa shape index (κ2) is 8.31. The summed E-state index contributed by atoms with van der Waals surface area (Å²) >= 11 is 0. The van der Waals surface area contributed by atoms with Gasteiger partial charge in [0.05, 0.1) is 12.7 Å². The molecule has 0 aromatic heterocycles. The van der Waals surface area contributed by atoms with Gasteiger partial charge in [0.2, 0.25) is 0 Å². The molecule has 3 heteroatoms. The predicted octanol–water partition coefficient (Wildman–Crippen LogP) is 4.70. The van der Waals surface area contributed by atoms with Crippen LogP contribution in [0.15, 0.2) is 0 Å². The standard InChI is InChI=1S/C23H40N2O/c1-17-7-6-14-24-15-18(2)25(23(17)24)16-22(26)21-12-10-20(11-13-21)19-8-4-3-5-9-19/h17-21,23H,3-16H2,1-2H3. The number of hydrogen-bond acceptors (Lipinski definition) is 3. The summed E-state index contributed by atoms with van der Waals surface area (Å²) in [5, 5.41) is 0. The maximum atomic E-state index is 13.1. The Morgan fingerprint density at radius 2 is 1.54 bits per heavy atom. The van der Waals surface area contributed by atoms with E-state index in [2.05, 4.69) is 23.6 Å². The molecule has 0 spiro atoms. The van der Waals surface area contributed by atoms with Crippen molar-refractivity contribution in [2.24, 2.45) is 23.7 Å². The van der Waals surface area contributed by atoms with Crippen LogP contribution in [0, 0.1) is 23.7 Å². The normalized spacial score (nSPS) is 40.5. The molecule has 3 nitrogen and oxygen atoms in total. The van der Waals surface area contributed by atoms with Gasteiger partial charge in [0.1, 0.15) is 5.78 Å². The molecule has 0 radical (unpaired) electrons. The van der Waals surface area contributed by atoms with Crippen LogP contribution in [0.1, 0.15) is 84.5 Å². The molecule has 2 aliphatic heterocycles. The van der Waals surface area contributed by atoms with Gasteiger partial charge >= 0.3 is 0 Å². The van der Waals surface area contributed by atoms with Gasteiger partial charge in [0.25, 0.3) is 0 Å². The minimum absolute atomic E-state index is 0.356. The number of ketones is 1. The Morgan fingerprint density at radius 1 is 0.846 bits per heavy atom. The average Bonchev–Trinajstić information content (AvgIpc) is 2.99. The highest BCUT2D eigenvalue weighted by Crippen LogP contribution is 2.40. The Balaban J connectivity index is 1.30. The molecule has 4 rings (SSSR count). The molecule has 2 saturated heterocycles. The molecule has 4 aliphatic rings. The minimum atomic E-state index is 0.356. The van der Waals surface area contributed by atoms with Gasteiger partial charge in [-0.2, -0.15) is 0 Å². The van der Waals surface area contributed by atoms with Crippen LogP contribution in [0.4, 0.5) is 0 Å². The first-order valence-corrected chi connectivity index (χ1v) is 11.7. The van der Waals surface area contributed by atoms with Crippen molar-refractivity contribution in [1.29, 1.82) is 0 Å². The highest BCUT2D eigenvalue weighted by atomic mass is 16.1. The minimum Gasteiger partial charge on any atom is -0.298 e. The van der Waals surface area contributed by atoms with E-state index in [1.807, 2.05) is 0 Å². The molecular weight excluding hydrogens is 320 g/mol. The van der Waals surface area contributed by atoms with E-state index < -0.39 is 0 Å². The van der Waals surface area contributed by atoms with Gasteiger partial charge in [0.15, 0.2) is 0 Å². The van der Waals surface area contributed by atoms with E-state index in [9.17, 15) is 4.79 Å². The molecule has 3 unspecified atom stereocenters. The summed E-state index contributed by atoms with van der Waals surface area (Å²) in [7, 11) is 0. The number of Topliss-reactive ketones (excluding diaryl/α,β-unsaturated/α-hetero) is 1. The number of rotatable bonds is 4. The SMILES string of the molecule is CC1CCCN2CC(C)N(CC(=O)C3CCC(C4CCCCC4)CC3)C12. The largest absolute Gasteiger partial charge is 0.298 e. The Kier molecular flexibility index (Phi) is 6.05. The fourth-order valence-corrected chi connectivity index (χ4v) is 6.78. The van der Waals surface area contributed by atoms with Gasteiger partial charge in [0, 0.05) is 18.5 Å². The third kappa shape index (κ3) is 3.90. The van der Waals surface area contributed by atoms with Crippen LogP contribution in [0.2, 0.25) is 0 Å². The van der Waals surface area contributed by atoms with E-state index in [-0.39, 0.29) is 0 Å².